The van der Waals surface area contributed by atoms with Crippen LogP contribution in [0.3, 0.4) is 0 Å². The topological polar surface area (TPSA) is 177 Å². The van der Waals surface area contributed by atoms with Crippen LogP contribution in [0.15, 0.2) is 30.3 Å². The van der Waals surface area contributed by atoms with E-state index in [0.717, 1.165) is 12.8 Å². The van der Waals surface area contributed by atoms with Crippen LogP contribution in [0.5, 0.6) is 0 Å². The fourth-order valence-electron chi connectivity index (χ4n) is 3.64. The second-order valence-electron chi connectivity index (χ2n) is 7.39. The van der Waals surface area contributed by atoms with E-state index in [1.165, 1.54) is 6.26 Å². The first-order valence-electron chi connectivity index (χ1n) is 9.43. The molecule has 30 heavy (non-hydrogen) atoms. The highest BCUT2D eigenvalue weighted by atomic mass is 32.2. The standard InChI is InChI=1S/C19H25N7O3S/c1-30(28,29)19(8-2-3-9-19)14-10-16(22)26-17(25-14)12-4-6-13(7-5-12)24-18(27)23-11-15(20)21/h4-7,10H,2-3,8-9,11H2,1H3,(H3,20,21)(H2,22,25,26)(H2,23,24,27). The Hall–Kier alpha value is -3.21. The largest absolute Gasteiger partial charge is 0.386 e. The molecule has 0 aliphatic heterocycles. The third-order valence-corrected chi connectivity index (χ3v) is 7.21. The predicted molar refractivity (Wildman–Crippen MR) is 116 cm³/mol. The van der Waals surface area contributed by atoms with Crippen molar-refractivity contribution in [1.29, 1.82) is 5.41 Å². The quantitative estimate of drug-likeness (QED) is 0.340. The van der Waals surface area contributed by atoms with Crippen molar-refractivity contribution in [3.05, 3.63) is 36.0 Å². The monoisotopic (exact) mass is 431 g/mol. The molecule has 7 N–H and O–H groups in total. The van der Waals surface area contributed by atoms with Crippen LogP contribution in [0, 0.1) is 5.41 Å². The minimum Gasteiger partial charge on any atom is -0.386 e. The maximum Gasteiger partial charge on any atom is 0.319 e. The number of hydrogen-bond acceptors (Lipinski definition) is 7. The number of rotatable bonds is 6. The summed E-state index contributed by atoms with van der Waals surface area (Å²) in [6.45, 7) is -0.0497. The van der Waals surface area contributed by atoms with Gasteiger partial charge in [0, 0.05) is 23.6 Å². The molecule has 10 nitrogen and oxygen atoms in total. The van der Waals surface area contributed by atoms with Gasteiger partial charge in [-0.05, 0) is 37.1 Å². The van der Waals surface area contributed by atoms with Crippen LogP contribution < -0.4 is 22.1 Å². The first kappa shape index (κ1) is 21.5. The third kappa shape index (κ3) is 4.51. The Morgan fingerprint density at radius 1 is 1.20 bits per heavy atom. The van der Waals surface area contributed by atoms with Crippen LogP contribution in [-0.2, 0) is 14.6 Å². The van der Waals surface area contributed by atoms with E-state index in [2.05, 4.69) is 20.6 Å². The zero-order chi connectivity index (χ0) is 21.9. The van der Waals surface area contributed by atoms with Crippen molar-refractivity contribution in [3.8, 4) is 11.4 Å². The highest BCUT2D eigenvalue weighted by molar-refractivity contribution is 7.91. The fraction of sp³-hybridized carbons (Fsp3) is 0.368. The van der Waals surface area contributed by atoms with Crippen LogP contribution in [0.4, 0.5) is 16.3 Å². The van der Waals surface area contributed by atoms with Gasteiger partial charge in [0.25, 0.3) is 0 Å². The molecule has 0 atom stereocenters. The van der Waals surface area contributed by atoms with E-state index < -0.39 is 20.6 Å². The number of carbonyl (C=O) groups is 1. The van der Waals surface area contributed by atoms with Gasteiger partial charge in [0.2, 0.25) is 0 Å². The van der Waals surface area contributed by atoms with E-state index in [1.807, 2.05) is 0 Å². The third-order valence-electron chi connectivity index (χ3n) is 5.17. The van der Waals surface area contributed by atoms with Gasteiger partial charge >= 0.3 is 6.03 Å². The molecule has 0 saturated heterocycles. The van der Waals surface area contributed by atoms with E-state index in [0.29, 0.717) is 35.6 Å². The molecular formula is C19H25N7O3S. The van der Waals surface area contributed by atoms with Crippen LogP contribution in [0.2, 0.25) is 0 Å². The molecule has 2 aromatic rings. The van der Waals surface area contributed by atoms with Gasteiger partial charge in [0.1, 0.15) is 16.4 Å². The Morgan fingerprint density at radius 3 is 2.40 bits per heavy atom. The molecule has 1 aromatic heterocycles. The highest BCUT2D eigenvalue weighted by Crippen LogP contribution is 2.45. The maximum atomic E-state index is 12.6. The summed E-state index contributed by atoms with van der Waals surface area (Å²) in [5, 5.41) is 12.2. The second kappa shape index (κ2) is 8.27. The molecule has 160 valence electrons. The van der Waals surface area contributed by atoms with Gasteiger partial charge in [-0.3, -0.25) is 5.41 Å². The second-order valence-corrected chi connectivity index (χ2v) is 9.71. The summed E-state index contributed by atoms with van der Waals surface area (Å²) in [5.74, 6) is 0.382. The summed E-state index contributed by atoms with van der Waals surface area (Å²) in [6.07, 6.45) is 3.91. The molecule has 0 radical (unpaired) electrons. The molecule has 1 aromatic carbocycles. The van der Waals surface area contributed by atoms with Crippen LogP contribution in [0.1, 0.15) is 31.4 Å². The number of amidine groups is 1. The van der Waals surface area contributed by atoms with Gasteiger partial charge in [-0.2, -0.15) is 0 Å². The average molecular weight is 432 g/mol. The highest BCUT2D eigenvalue weighted by Gasteiger charge is 2.46. The lowest BCUT2D eigenvalue weighted by molar-refractivity contribution is 0.253. The number of urea groups is 1. The molecule has 11 heteroatoms. The Bertz CT molecular complexity index is 1060. The van der Waals surface area contributed by atoms with E-state index in [4.69, 9.17) is 16.9 Å². The van der Waals surface area contributed by atoms with Gasteiger partial charge < -0.3 is 22.1 Å². The summed E-state index contributed by atoms with van der Waals surface area (Å²) in [4.78, 5) is 20.6. The SMILES string of the molecule is CS(=O)(=O)C1(c2cc(N)nc(-c3ccc(NC(=O)NCC(=N)N)cc3)n2)CCCC1. The number of nitrogens with one attached hydrogen (secondary N) is 3. The molecule has 1 heterocycles. The van der Waals surface area contributed by atoms with Crippen molar-refractivity contribution in [2.24, 2.45) is 5.73 Å². The molecule has 1 saturated carbocycles. The van der Waals surface area contributed by atoms with E-state index in [-0.39, 0.29) is 18.2 Å². The number of nitrogen functional groups attached to an aromatic ring is 1. The lowest BCUT2D eigenvalue weighted by atomic mass is 10.0. The number of hydrogen-bond donors (Lipinski definition) is 5. The maximum absolute atomic E-state index is 12.6. The summed E-state index contributed by atoms with van der Waals surface area (Å²) in [7, 11) is -3.39. The lowest BCUT2D eigenvalue weighted by Gasteiger charge is -2.26. The Balaban J connectivity index is 1.86. The molecule has 0 bridgehead atoms. The first-order valence-corrected chi connectivity index (χ1v) is 11.3. The molecule has 0 unspecified atom stereocenters. The zero-order valence-corrected chi connectivity index (χ0v) is 17.4. The number of sulfone groups is 1. The number of benzene rings is 1. The number of anilines is 2. The molecule has 1 fully saturated rings. The van der Waals surface area contributed by atoms with Gasteiger partial charge in [-0.15, -0.1) is 0 Å². The molecule has 0 spiro atoms. The van der Waals surface area contributed by atoms with E-state index in [1.54, 1.807) is 30.3 Å². The normalized spacial score (nSPS) is 15.5. The number of carbonyl (C=O) groups excluding carboxylic acids is 1. The van der Waals surface area contributed by atoms with Crippen LogP contribution in [0.25, 0.3) is 11.4 Å². The Kier molecular flexibility index (Phi) is 5.92. The van der Waals surface area contributed by atoms with Crippen LogP contribution >= 0.6 is 0 Å². The number of amides is 2. The van der Waals surface area contributed by atoms with Gasteiger partial charge in [0.05, 0.1) is 12.2 Å². The van der Waals surface area contributed by atoms with Crippen LogP contribution in [-0.4, -0.2) is 43.1 Å². The first-order chi connectivity index (χ1) is 14.1. The van der Waals surface area contributed by atoms with Gasteiger partial charge in [-0.1, -0.05) is 12.8 Å². The molecule has 1 aliphatic carbocycles. The predicted octanol–water partition coefficient (Wildman–Crippen LogP) is 1.60. The van der Waals surface area contributed by atoms with Gasteiger partial charge in [-0.25, -0.2) is 23.2 Å². The number of nitrogens with two attached hydrogens (primary N) is 2. The molecule has 3 rings (SSSR count). The summed E-state index contributed by atoms with van der Waals surface area (Å²) in [5.41, 5.74) is 12.8. The van der Waals surface area contributed by atoms with Crippen molar-refractivity contribution < 1.29 is 13.2 Å². The smallest absolute Gasteiger partial charge is 0.319 e. The Labute approximate surface area is 174 Å². The van der Waals surface area contributed by atoms with E-state index in [9.17, 15) is 13.2 Å². The molecule has 1 aliphatic rings. The lowest BCUT2D eigenvalue weighted by Crippen LogP contribution is -2.35. The minimum atomic E-state index is -3.39. The minimum absolute atomic E-state index is 0.0497. The summed E-state index contributed by atoms with van der Waals surface area (Å²) >= 11 is 0. The molecular weight excluding hydrogens is 406 g/mol. The zero-order valence-electron chi connectivity index (χ0n) is 16.6. The summed E-state index contributed by atoms with van der Waals surface area (Å²) in [6, 6.07) is 7.80. The van der Waals surface area contributed by atoms with Crippen molar-refractivity contribution in [2.75, 3.05) is 23.9 Å². The summed E-state index contributed by atoms with van der Waals surface area (Å²) < 4.78 is 24.1. The number of aromatic nitrogens is 2. The molecule has 2 amide bonds. The van der Waals surface area contributed by atoms with Crippen molar-refractivity contribution in [2.45, 2.75) is 30.4 Å². The van der Waals surface area contributed by atoms with E-state index >= 15 is 0 Å². The fourth-order valence-corrected chi connectivity index (χ4v) is 5.16. The van der Waals surface area contributed by atoms with Gasteiger partial charge in [0.15, 0.2) is 15.7 Å². The van der Waals surface area contributed by atoms with Crippen molar-refractivity contribution in [1.82, 2.24) is 15.3 Å². The average Bonchev–Trinajstić information content (AvgIpc) is 3.18. The van der Waals surface area contributed by atoms with Crippen molar-refractivity contribution in [3.63, 3.8) is 0 Å². The number of nitrogens with zero attached hydrogens (tertiary/aromatic N) is 2. The van der Waals surface area contributed by atoms with Crippen molar-refractivity contribution >= 4 is 33.2 Å². The Morgan fingerprint density at radius 2 is 1.83 bits per heavy atom.